The number of likely N-dealkylation sites (tertiary alicyclic amines) is 1. The van der Waals surface area contributed by atoms with Gasteiger partial charge in [-0.3, -0.25) is 24.8 Å². The Morgan fingerprint density at radius 1 is 1.24 bits per heavy atom. The first kappa shape index (κ1) is 19.3. The first-order chi connectivity index (χ1) is 13.8. The largest absolute Gasteiger partial charge is 0.349 e. The molecule has 0 unspecified atom stereocenters. The van der Waals surface area contributed by atoms with Crippen molar-refractivity contribution in [2.75, 3.05) is 32.5 Å². The molecule has 8 nitrogen and oxygen atoms in total. The van der Waals surface area contributed by atoms with Crippen LogP contribution in [-0.2, 0) is 16.1 Å². The Morgan fingerprint density at radius 3 is 2.66 bits per heavy atom. The third kappa shape index (κ3) is 3.93. The SMILES string of the molecule is CC(=O)Nc1ccc2nc(CN3CCC4(CC3)N=C(N(C)C)NC4=O)ccc2c1. The fraction of sp³-hybridized carbons (Fsp3) is 0.429. The lowest BCUT2D eigenvalue weighted by Crippen LogP contribution is -2.49. The molecule has 2 N–H and O–H groups in total. The number of pyridine rings is 1. The molecule has 152 valence electrons. The number of carbonyl (C=O) groups excluding carboxylic acids is 2. The third-order valence-electron chi connectivity index (χ3n) is 5.53. The van der Waals surface area contributed by atoms with Gasteiger partial charge in [-0.25, -0.2) is 4.99 Å². The predicted molar refractivity (Wildman–Crippen MR) is 113 cm³/mol. The topological polar surface area (TPSA) is 89.9 Å². The molecule has 1 aromatic heterocycles. The molecular formula is C21H26N6O2. The summed E-state index contributed by atoms with van der Waals surface area (Å²) in [5.41, 5.74) is 2.05. The molecule has 1 fully saturated rings. The molecule has 1 saturated heterocycles. The van der Waals surface area contributed by atoms with Gasteiger partial charge in [0.1, 0.15) is 5.54 Å². The Morgan fingerprint density at radius 2 is 2.00 bits per heavy atom. The average molecular weight is 394 g/mol. The normalized spacial score (nSPS) is 18.6. The fourth-order valence-electron chi connectivity index (χ4n) is 3.90. The van der Waals surface area contributed by atoms with Crippen molar-refractivity contribution in [3.63, 3.8) is 0 Å². The standard InChI is InChI=1S/C21H26N6O2/c1-14(28)22-16-6-7-18-15(12-16)4-5-17(23-18)13-27-10-8-21(9-11-27)19(29)24-20(25-21)26(2)3/h4-7,12H,8-11,13H2,1-3H3,(H,22,28)(H,24,25,29). The van der Waals surface area contributed by atoms with Gasteiger partial charge in [0.25, 0.3) is 5.91 Å². The number of anilines is 1. The first-order valence-corrected chi connectivity index (χ1v) is 9.83. The number of fused-ring (bicyclic) bond motifs is 1. The summed E-state index contributed by atoms with van der Waals surface area (Å²) in [4.78, 5) is 37.3. The minimum absolute atomic E-state index is 0.0136. The highest BCUT2D eigenvalue weighted by Crippen LogP contribution is 2.31. The van der Waals surface area contributed by atoms with Crippen LogP contribution < -0.4 is 10.6 Å². The Kier molecular flexibility index (Phi) is 4.96. The van der Waals surface area contributed by atoms with Crippen LogP contribution in [0.1, 0.15) is 25.5 Å². The summed E-state index contributed by atoms with van der Waals surface area (Å²) < 4.78 is 0. The maximum absolute atomic E-state index is 12.5. The lowest BCUT2D eigenvalue weighted by molar-refractivity contribution is -0.125. The molecule has 0 bridgehead atoms. The Bertz CT molecular complexity index is 992. The molecular weight excluding hydrogens is 368 g/mol. The van der Waals surface area contributed by atoms with E-state index in [1.165, 1.54) is 6.92 Å². The third-order valence-corrected chi connectivity index (χ3v) is 5.53. The van der Waals surface area contributed by atoms with Crippen LogP contribution in [0.3, 0.4) is 0 Å². The Labute approximate surface area is 170 Å². The second-order valence-electron chi connectivity index (χ2n) is 7.98. The highest BCUT2D eigenvalue weighted by Gasteiger charge is 2.46. The average Bonchev–Trinajstić information content (AvgIpc) is 3.00. The van der Waals surface area contributed by atoms with Crippen LogP contribution in [0.5, 0.6) is 0 Å². The summed E-state index contributed by atoms with van der Waals surface area (Å²) in [6, 6.07) is 9.78. The van der Waals surface area contributed by atoms with Crippen LogP contribution >= 0.6 is 0 Å². The maximum atomic E-state index is 12.5. The number of piperidine rings is 1. The van der Waals surface area contributed by atoms with Gasteiger partial charge in [0, 0.05) is 51.7 Å². The van der Waals surface area contributed by atoms with Crippen molar-refractivity contribution in [3.05, 3.63) is 36.0 Å². The number of guanidine groups is 1. The van der Waals surface area contributed by atoms with Gasteiger partial charge in [0.2, 0.25) is 11.9 Å². The number of amides is 2. The molecule has 0 radical (unpaired) electrons. The van der Waals surface area contributed by atoms with E-state index in [9.17, 15) is 9.59 Å². The van der Waals surface area contributed by atoms with Gasteiger partial charge in [-0.1, -0.05) is 6.07 Å². The van der Waals surface area contributed by atoms with E-state index in [2.05, 4.69) is 20.5 Å². The number of carbonyl (C=O) groups is 2. The molecule has 2 aliphatic heterocycles. The van der Waals surface area contributed by atoms with Crippen molar-refractivity contribution < 1.29 is 9.59 Å². The Hall–Kier alpha value is -3.00. The van der Waals surface area contributed by atoms with E-state index < -0.39 is 5.54 Å². The second-order valence-corrected chi connectivity index (χ2v) is 7.98. The molecule has 0 atom stereocenters. The van der Waals surface area contributed by atoms with Crippen molar-refractivity contribution in [1.82, 2.24) is 20.1 Å². The second kappa shape index (κ2) is 7.44. The summed E-state index contributed by atoms with van der Waals surface area (Å²) in [6.45, 7) is 3.85. The monoisotopic (exact) mass is 394 g/mol. The highest BCUT2D eigenvalue weighted by atomic mass is 16.2. The van der Waals surface area contributed by atoms with Gasteiger partial charge in [-0.15, -0.1) is 0 Å². The minimum atomic E-state index is -0.618. The van der Waals surface area contributed by atoms with Crippen LogP contribution in [0.25, 0.3) is 10.9 Å². The predicted octanol–water partition coefficient (Wildman–Crippen LogP) is 1.58. The smallest absolute Gasteiger partial charge is 0.254 e. The summed E-state index contributed by atoms with van der Waals surface area (Å²) >= 11 is 0. The molecule has 0 aliphatic carbocycles. The van der Waals surface area contributed by atoms with Crippen LogP contribution in [0.15, 0.2) is 35.3 Å². The zero-order valence-corrected chi connectivity index (χ0v) is 17.0. The number of nitrogens with one attached hydrogen (secondary N) is 2. The first-order valence-electron chi connectivity index (χ1n) is 9.83. The number of rotatable bonds is 3. The Balaban J connectivity index is 1.42. The number of nitrogens with zero attached hydrogens (tertiary/aromatic N) is 4. The van der Waals surface area contributed by atoms with E-state index in [0.717, 1.165) is 41.9 Å². The lowest BCUT2D eigenvalue weighted by atomic mass is 9.88. The van der Waals surface area contributed by atoms with E-state index >= 15 is 0 Å². The molecule has 1 spiro atoms. The van der Waals surface area contributed by atoms with Gasteiger partial charge in [-0.2, -0.15) is 0 Å². The number of aliphatic imine (C=N–C) groups is 1. The molecule has 2 aromatic rings. The van der Waals surface area contributed by atoms with Crippen molar-refractivity contribution in [1.29, 1.82) is 0 Å². The van der Waals surface area contributed by atoms with Crippen LogP contribution in [-0.4, -0.2) is 65.3 Å². The van der Waals surface area contributed by atoms with Gasteiger partial charge >= 0.3 is 0 Å². The van der Waals surface area contributed by atoms with Gasteiger partial charge in [-0.05, 0) is 37.1 Å². The number of benzene rings is 1. The quantitative estimate of drug-likeness (QED) is 0.825. The van der Waals surface area contributed by atoms with E-state index in [1.54, 1.807) is 0 Å². The van der Waals surface area contributed by atoms with E-state index in [0.29, 0.717) is 18.8 Å². The van der Waals surface area contributed by atoms with Crippen LogP contribution in [0, 0.1) is 0 Å². The maximum Gasteiger partial charge on any atom is 0.254 e. The fourth-order valence-corrected chi connectivity index (χ4v) is 3.90. The molecule has 29 heavy (non-hydrogen) atoms. The van der Waals surface area contributed by atoms with E-state index in [4.69, 9.17) is 4.98 Å². The molecule has 2 amide bonds. The molecule has 2 aliphatic rings. The number of aromatic nitrogens is 1. The summed E-state index contributed by atoms with van der Waals surface area (Å²) in [5.74, 6) is 0.577. The summed E-state index contributed by atoms with van der Waals surface area (Å²) in [6.07, 6.45) is 1.42. The van der Waals surface area contributed by atoms with Gasteiger partial charge < -0.3 is 10.2 Å². The molecule has 8 heteroatoms. The van der Waals surface area contributed by atoms with Gasteiger partial charge in [0.15, 0.2) is 0 Å². The number of hydrogen-bond acceptors (Lipinski definition) is 6. The molecule has 3 heterocycles. The summed E-state index contributed by atoms with van der Waals surface area (Å²) in [5, 5.41) is 6.68. The molecule has 1 aromatic carbocycles. The zero-order chi connectivity index (χ0) is 20.6. The van der Waals surface area contributed by atoms with E-state index in [-0.39, 0.29) is 11.8 Å². The minimum Gasteiger partial charge on any atom is -0.349 e. The van der Waals surface area contributed by atoms with Crippen molar-refractivity contribution in [2.45, 2.75) is 31.8 Å². The van der Waals surface area contributed by atoms with E-state index in [1.807, 2.05) is 49.3 Å². The van der Waals surface area contributed by atoms with Crippen LogP contribution in [0.4, 0.5) is 5.69 Å². The van der Waals surface area contributed by atoms with Gasteiger partial charge in [0.05, 0.1) is 11.2 Å². The number of hydrogen-bond donors (Lipinski definition) is 2. The van der Waals surface area contributed by atoms with Crippen molar-refractivity contribution >= 4 is 34.4 Å². The molecule has 0 saturated carbocycles. The highest BCUT2D eigenvalue weighted by molar-refractivity contribution is 6.07. The van der Waals surface area contributed by atoms with Crippen molar-refractivity contribution in [3.8, 4) is 0 Å². The zero-order valence-electron chi connectivity index (χ0n) is 17.0. The van der Waals surface area contributed by atoms with Crippen molar-refractivity contribution in [2.24, 2.45) is 4.99 Å². The van der Waals surface area contributed by atoms with Crippen LogP contribution in [0.2, 0.25) is 0 Å². The molecule has 4 rings (SSSR count). The lowest BCUT2D eigenvalue weighted by Gasteiger charge is -2.35. The summed E-state index contributed by atoms with van der Waals surface area (Å²) in [7, 11) is 3.77.